The van der Waals surface area contributed by atoms with E-state index in [4.69, 9.17) is 4.74 Å². The van der Waals surface area contributed by atoms with Crippen LogP contribution in [0.5, 0.6) is 0 Å². The molecule has 1 aromatic rings. The summed E-state index contributed by atoms with van der Waals surface area (Å²) in [5.41, 5.74) is 3.79. The minimum atomic E-state index is 0.772. The highest BCUT2D eigenvalue weighted by Crippen LogP contribution is 2.11. The van der Waals surface area contributed by atoms with Crippen molar-refractivity contribution in [1.29, 1.82) is 0 Å². The third-order valence-corrected chi connectivity index (χ3v) is 3.17. The van der Waals surface area contributed by atoms with Crippen molar-refractivity contribution in [3.8, 4) is 0 Å². The Balaban J connectivity index is 2.11. The van der Waals surface area contributed by atoms with Crippen molar-refractivity contribution < 1.29 is 4.74 Å². The molecule has 104 valence electrons. The Kier molecular flexibility index (Phi) is 6.93. The molecule has 1 aromatic heterocycles. The van der Waals surface area contributed by atoms with E-state index in [1.807, 2.05) is 11.7 Å². The number of methoxy groups -OCH3 is 1. The first-order valence-corrected chi connectivity index (χ1v) is 6.56. The van der Waals surface area contributed by atoms with Gasteiger partial charge in [0.15, 0.2) is 0 Å². The molecule has 1 heterocycles. The maximum Gasteiger partial charge on any atom is 0.0628 e. The molecule has 18 heavy (non-hydrogen) atoms. The van der Waals surface area contributed by atoms with Crippen molar-refractivity contribution >= 4 is 0 Å². The standard InChI is InChI=1S/C13H26N4O/c1-11-13(12(2)17(3)16-11)5-6-14-7-8-15-9-10-18-4/h14-15H,5-10H2,1-4H3. The Bertz CT molecular complexity index is 349. The van der Waals surface area contributed by atoms with Gasteiger partial charge in [-0.3, -0.25) is 4.68 Å². The summed E-state index contributed by atoms with van der Waals surface area (Å²) in [5, 5.41) is 11.2. The molecule has 0 saturated heterocycles. The summed E-state index contributed by atoms with van der Waals surface area (Å²) >= 11 is 0. The largest absolute Gasteiger partial charge is 0.383 e. The van der Waals surface area contributed by atoms with E-state index in [0.717, 1.165) is 44.9 Å². The fourth-order valence-corrected chi connectivity index (χ4v) is 1.99. The van der Waals surface area contributed by atoms with Gasteiger partial charge in [-0.25, -0.2) is 0 Å². The number of hydrogen-bond acceptors (Lipinski definition) is 4. The van der Waals surface area contributed by atoms with Gasteiger partial charge in [0.25, 0.3) is 0 Å². The van der Waals surface area contributed by atoms with Crippen LogP contribution in [-0.4, -0.2) is 49.7 Å². The molecule has 0 amide bonds. The van der Waals surface area contributed by atoms with Crippen LogP contribution in [0, 0.1) is 13.8 Å². The Morgan fingerprint density at radius 1 is 1.11 bits per heavy atom. The lowest BCUT2D eigenvalue weighted by molar-refractivity contribution is 0.199. The highest BCUT2D eigenvalue weighted by atomic mass is 16.5. The van der Waals surface area contributed by atoms with Gasteiger partial charge in [0, 0.05) is 39.5 Å². The summed E-state index contributed by atoms with van der Waals surface area (Å²) in [7, 11) is 3.72. The first-order valence-electron chi connectivity index (χ1n) is 6.56. The Morgan fingerprint density at radius 2 is 1.78 bits per heavy atom. The Labute approximate surface area is 110 Å². The van der Waals surface area contributed by atoms with Crippen LogP contribution in [0.15, 0.2) is 0 Å². The van der Waals surface area contributed by atoms with E-state index in [-0.39, 0.29) is 0 Å². The zero-order valence-corrected chi connectivity index (χ0v) is 12.0. The number of hydrogen-bond donors (Lipinski definition) is 2. The van der Waals surface area contributed by atoms with Gasteiger partial charge in [-0.05, 0) is 32.4 Å². The second-order valence-corrected chi connectivity index (χ2v) is 4.52. The summed E-state index contributed by atoms with van der Waals surface area (Å²) in [6.45, 7) is 8.86. The Morgan fingerprint density at radius 3 is 2.33 bits per heavy atom. The van der Waals surface area contributed by atoms with Gasteiger partial charge in [-0.1, -0.05) is 0 Å². The lowest BCUT2D eigenvalue weighted by atomic mass is 10.1. The lowest BCUT2D eigenvalue weighted by Crippen LogP contribution is -2.30. The van der Waals surface area contributed by atoms with E-state index in [9.17, 15) is 0 Å². The van der Waals surface area contributed by atoms with Crippen molar-refractivity contribution in [3.63, 3.8) is 0 Å². The quantitative estimate of drug-likeness (QED) is 0.627. The molecule has 5 heteroatoms. The van der Waals surface area contributed by atoms with Crippen molar-refractivity contribution in [2.45, 2.75) is 20.3 Å². The zero-order chi connectivity index (χ0) is 13.4. The molecule has 1 rings (SSSR count). The zero-order valence-electron chi connectivity index (χ0n) is 12.0. The summed E-state index contributed by atoms with van der Waals surface area (Å²) in [5.74, 6) is 0. The van der Waals surface area contributed by atoms with Gasteiger partial charge >= 0.3 is 0 Å². The van der Waals surface area contributed by atoms with Gasteiger partial charge in [0.05, 0.1) is 12.3 Å². The molecule has 0 bridgehead atoms. The highest BCUT2D eigenvalue weighted by Gasteiger charge is 2.07. The van der Waals surface area contributed by atoms with Gasteiger partial charge < -0.3 is 15.4 Å². The lowest BCUT2D eigenvalue weighted by Gasteiger charge is -2.06. The summed E-state index contributed by atoms with van der Waals surface area (Å²) in [6, 6.07) is 0. The second kappa shape index (κ2) is 8.24. The fourth-order valence-electron chi connectivity index (χ4n) is 1.99. The van der Waals surface area contributed by atoms with E-state index in [1.165, 1.54) is 11.3 Å². The van der Waals surface area contributed by atoms with Crippen LogP contribution in [0.25, 0.3) is 0 Å². The predicted molar refractivity (Wildman–Crippen MR) is 74.0 cm³/mol. The maximum absolute atomic E-state index is 4.96. The Hall–Kier alpha value is -0.910. The number of aryl methyl sites for hydroxylation is 2. The van der Waals surface area contributed by atoms with Crippen LogP contribution >= 0.6 is 0 Å². The van der Waals surface area contributed by atoms with Gasteiger partial charge in [-0.2, -0.15) is 5.10 Å². The van der Waals surface area contributed by atoms with E-state index in [0.29, 0.717) is 0 Å². The van der Waals surface area contributed by atoms with E-state index < -0.39 is 0 Å². The molecule has 0 spiro atoms. The normalized spacial score (nSPS) is 11.1. The SMILES string of the molecule is COCCNCCNCCc1c(C)nn(C)c1C. The molecule has 0 aliphatic rings. The smallest absolute Gasteiger partial charge is 0.0628 e. The average Bonchev–Trinajstić information content (AvgIpc) is 2.58. The summed E-state index contributed by atoms with van der Waals surface area (Å²) in [6.07, 6.45) is 1.05. The van der Waals surface area contributed by atoms with E-state index in [2.05, 4.69) is 29.6 Å². The predicted octanol–water partition coefficient (Wildman–Crippen LogP) is 0.405. The first kappa shape index (κ1) is 15.1. The average molecular weight is 254 g/mol. The molecule has 0 fully saturated rings. The van der Waals surface area contributed by atoms with Crippen molar-refractivity contribution in [1.82, 2.24) is 20.4 Å². The number of nitrogens with zero attached hydrogens (tertiary/aromatic N) is 2. The molecule has 0 saturated carbocycles. The molecule has 0 unspecified atom stereocenters. The first-order chi connectivity index (χ1) is 8.66. The van der Waals surface area contributed by atoms with Crippen LogP contribution in [0.4, 0.5) is 0 Å². The van der Waals surface area contributed by atoms with Crippen LogP contribution in [0.3, 0.4) is 0 Å². The number of nitrogens with one attached hydrogen (secondary N) is 2. The highest BCUT2D eigenvalue weighted by molar-refractivity contribution is 5.24. The minimum Gasteiger partial charge on any atom is -0.383 e. The van der Waals surface area contributed by atoms with Gasteiger partial charge in [0.2, 0.25) is 0 Å². The van der Waals surface area contributed by atoms with Crippen LogP contribution < -0.4 is 10.6 Å². The second-order valence-electron chi connectivity index (χ2n) is 4.52. The van der Waals surface area contributed by atoms with Crippen LogP contribution in [-0.2, 0) is 18.2 Å². The number of rotatable bonds is 9. The van der Waals surface area contributed by atoms with Crippen molar-refractivity contribution in [3.05, 3.63) is 17.0 Å². The topological polar surface area (TPSA) is 51.1 Å². The van der Waals surface area contributed by atoms with E-state index in [1.54, 1.807) is 7.11 Å². The summed E-state index contributed by atoms with van der Waals surface area (Å²) in [4.78, 5) is 0. The molecule has 0 radical (unpaired) electrons. The van der Waals surface area contributed by atoms with Gasteiger partial charge in [-0.15, -0.1) is 0 Å². The molecule has 2 N–H and O–H groups in total. The van der Waals surface area contributed by atoms with Crippen LogP contribution in [0.1, 0.15) is 17.0 Å². The molecule has 0 aliphatic heterocycles. The molecule has 0 aliphatic carbocycles. The minimum absolute atomic E-state index is 0.772. The third kappa shape index (κ3) is 4.76. The molecular formula is C13H26N4O. The van der Waals surface area contributed by atoms with E-state index >= 15 is 0 Å². The van der Waals surface area contributed by atoms with Crippen LogP contribution in [0.2, 0.25) is 0 Å². The molecule has 0 aromatic carbocycles. The van der Waals surface area contributed by atoms with Crippen molar-refractivity contribution in [2.75, 3.05) is 39.9 Å². The fraction of sp³-hybridized carbons (Fsp3) is 0.769. The molecule has 5 nitrogen and oxygen atoms in total. The summed E-state index contributed by atoms with van der Waals surface area (Å²) < 4.78 is 6.92. The van der Waals surface area contributed by atoms with Gasteiger partial charge in [0.1, 0.15) is 0 Å². The monoisotopic (exact) mass is 254 g/mol. The molecule has 0 atom stereocenters. The molecular weight excluding hydrogens is 228 g/mol. The van der Waals surface area contributed by atoms with Crippen molar-refractivity contribution in [2.24, 2.45) is 7.05 Å². The number of aromatic nitrogens is 2. The maximum atomic E-state index is 4.96. The number of ether oxygens (including phenoxy) is 1. The third-order valence-electron chi connectivity index (χ3n) is 3.17.